The second-order valence-corrected chi connectivity index (χ2v) is 4.82. The van der Waals surface area contributed by atoms with Crippen LogP contribution in [0.3, 0.4) is 0 Å². The van der Waals surface area contributed by atoms with Gasteiger partial charge in [-0.05, 0) is 41.5 Å². The summed E-state index contributed by atoms with van der Waals surface area (Å²) in [7, 11) is 2.13. The van der Waals surface area contributed by atoms with E-state index in [1.54, 1.807) is 0 Å². The van der Waals surface area contributed by atoms with E-state index in [0.717, 1.165) is 36.3 Å². The number of hydrogen-bond acceptors (Lipinski definition) is 3. The zero-order valence-electron chi connectivity index (χ0n) is 8.82. The lowest BCUT2D eigenvalue weighted by Gasteiger charge is -2.22. The molecular formula is C11H15BrN2O. The Labute approximate surface area is 98.6 Å². The van der Waals surface area contributed by atoms with Gasteiger partial charge in [-0.2, -0.15) is 0 Å². The average molecular weight is 271 g/mol. The largest absolute Gasteiger partial charge is 0.380 e. The maximum Gasteiger partial charge on any atom is 0.0622 e. The van der Waals surface area contributed by atoms with Crippen LogP contribution in [0, 0.1) is 0 Å². The Balaban J connectivity index is 1.92. The van der Waals surface area contributed by atoms with Crippen molar-refractivity contribution in [3.63, 3.8) is 0 Å². The standard InChI is InChI=1S/C11H15BrN2O/c1-14(11-4-5-15-8-11)7-10-3-2-9(12)6-13-10/h2-3,6,11H,4-5,7-8H2,1H3. The highest BCUT2D eigenvalue weighted by Gasteiger charge is 2.20. The topological polar surface area (TPSA) is 25.4 Å². The van der Waals surface area contributed by atoms with Crippen LogP contribution in [0.5, 0.6) is 0 Å². The second-order valence-electron chi connectivity index (χ2n) is 3.90. The fraction of sp³-hybridized carbons (Fsp3) is 0.545. The van der Waals surface area contributed by atoms with Crippen molar-refractivity contribution in [2.24, 2.45) is 0 Å². The molecule has 1 unspecified atom stereocenters. The lowest BCUT2D eigenvalue weighted by Crippen LogP contribution is -2.31. The third-order valence-corrected chi connectivity index (χ3v) is 3.20. The zero-order valence-corrected chi connectivity index (χ0v) is 10.4. The van der Waals surface area contributed by atoms with Gasteiger partial charge in [0, 0.05) is 29.9 Å². The van der Waals surface area contributed by atoms with Crippen LogP contribution in [0.1, 0.15) is 12.1 Å². The number of halogens is 1. The molecule has 1 aromatic heterocycles. The normalized spacial score (nSPS) is 21.1. The number of nitrogens with zero attached hydrogens (tertiary/aromatic N) is 2. The van der Waals surface area contributed by atoms with E-state index in [9.17, 15) is 0 Å². The number of pyridine rings is 1. The quantitative estimate of drug-likeness (QED) is 0.841. The van der Waals surface area contributed by atoms with E-state index >= 15 is 0 Å². The van der Waals surface area contributed by atoms with E-state index in [-0.39, 0.29) is 0 Å². The Morgan fingerprint density at radius 2 is 2.47 bits per heavy atom. The van der Waals surface area contributed by atoms with E-state index in [0.29, 0.717) is 6.04 Å². The highest BCUT2D eigenvalue weighted by atomic mass is 79.9. The molecule has 0 spiro atoms. The first kappa shape index (κ1) is 11.0. The van der Waals surface area contributed by atoms with E-state index in [1.807, 2.05) is 12.3 Å². The van der Waals surface area contributed by atoms with Crippen molar-refractivity contribution in [2.45, 2.75) is 19.0 Å². The van der Waals surface area contributed by atoms with Crippen molar-refractivity contribution in [2.75, 3.05) is 20.3 Å². The van der Waals surface area contributed by atoms with Crippen LogP contribution in [0.15, 0.2) is 22.8 Å². The minimum atomic E-state index is 0.551. The number of aromatic nitrogens is 1. The molecule has 1 fully saturated rings. The van der Waals surface area contributed by atoms with Crippen molar-refractivity contribution < 1.29 is 4.74 Å². The van der Waals surface area contributed by atoms with Gasteiger partial charge in [0.15, 0.2) is 0 Å². The van der Waals surface area contributed by atoms with Gasteiger partial charge in [-0.25, -0.2) is 0 Å². The molecule has 1 aromatic rings. The van der Waals surface area contributed by atoms with E-state index in [2.05, 4.69) is 38.9 Å². The Hall–Kier alpha value is -0.450. The van der Waals surface area contributed by atoms with Gasteiger partial charge in [0.1, 0.15) is 0 Å². The van der Waals surface area contributed by atoms with E-state index in [4.69, 9.17) is 4.74 Å². The Bertz CT molecular complexity index is 309. The van der Waals surface area contributed by atoms with E-state index in [1.165, 1.54) is 0 Å². The Kier molecular flexibility index (Phi) is 3.72. The SMILES string of the molecule is CN(Cc1ccc(Br)cn1)C1CCOC1. The predicted molar refractivity (Wildman–Crippen MR) is 62.6 cm³/mol. The average Bonchev–Trinajstić information content (AvgIpc) is 2.74. The van der Waals surface area contributed by atoms with Crippen LogP contribution in [-0.4, -0.2) is 36.2 Å². The first-order valence-electron chi connectivity index (χ1n) is 5.14. The summed E-state index contributed by atoms with van der Waals surface area (Å²) in [5, 5.41) is 0. The van der Waals surface area contributed by atoms with E-state index < -0.39 is 0 Å². The molecule has 0 amide bonds. The van der Waals surface area contributed by atoms with Crippen molar-refractivity contribution in [1.82, 2.24) is 9.88 Å². The first-order chi connectivity index (χ1) is 7.25. The maximum absolute atomic E-state index is 5.37. The molecule has 0 N–H and O–H groups in total. The van der Waals surface area contributed by atoms with Gasteiger partial charge in [-0.3, -0.25) is 9.88 Å². The van der Waals surface area contributed by atoms with Crippen molar-refractivity contribution in [3.8, 4) is 0 Å². The molecule has 1 aliphatic rings. The van der Waals surface area contributed by atoms with Crippen LogP contribution >= 0.6 is 15.9 Å². The monoisotopic (exact) mass is 270 g/mol. The zero-order chi connectivity index (χ0) is 10.7. The summed E-state index contributed by atoms with van der Waals surface area (Å²) < 4.78 is 6.39. The number of likely N-dealkylation sites (N-methyl/N-ethyl adjacent to an activating group) is 1. The molecule has 1 aliphatic heterocycles. The highest BCUT2D eigenvalue weighted by Crippen LogP contribution is 2.14. The fourth-order valence-electron chi connectivity index (χ4n) is 1.75. The summed E-state index contributed by atoms with van der Waals surface area (Å²) in [5.74, 6) is 0. The van der Waals surface area contributed by atoms with Crippen LogP contribution in [0.2, 0.25) is 0 Å². The fourth-order valence-corrected chi connectivity index (χ4v) is 1.99. The van der Waals surface area contributed by atoms with Gasteiger partial charge in [-0.1, -0.05) is 0 Å². The second kappa shape index (κ2) is 5.05. The highest BCUT2D eigenvalue weighted by molar-refractivity contribution is 9.10. The van der Waals surface area contributed by atoms with Gasteiger partial charge in [0.2, 0.25) is 0 Å². The molecule has 1 atom stereocenters. The van der Waals surface area contributed by atoms with Crippen LogP contribution in [-0.2, 0) is 11.3 Å². The lowest BCUT2D eigenvalue weighted by atomic mass is 10.2. The summed E-state index contributed by atoms with van der Waals surface area (Å²) in [4.78, 5) is 6.67. The summed E-state index contributed by atoms with van der Waals surface area (Å²) in [5.41, 5.74) is 1.10. The van der Waals surface area contributed by atoms with Gasteiger partial charge in [0.05, 0.1) is 12.3 Å². The molecule has 0 aliphatic carbocycles. The number of hydrogen-bond donors (Lipinski definition) is 0. The molecule has 0 saturated carbocycles. The molecule has 82 valence electrons. The van der Waals surface area contributed by atoms with Gasteiger partial charge in [-0.15, -0.1) is 0 Å². The number of ether oxygens (including phenoxy) is 1. The molecule has 0 bridgehead atoms. The molecule has 1 saturated heterocycles. The van der Waals surface area contributed by atoms with Crippen molar-refractivity contribution in [1.29, 1.82) is 0 Å². The first-order valence-corrected chi connectivity index (χ1v) is 5.93. The van der Waals surface area contributed by atoms with Crippen LogP contribution in [0.4, 0.5) is 0 Å². The smallest absolute Gasteiger partial charge is 0.0622 e. The molecule has 3 nitrogen and oxygen atoms in total. The predicted octanol–water partition coefficient (Wildman–Crippen LogP) is 2.06. The Morgan fingerprint density at radius 1 is 1.60 bits per heavy atom. The summed E-state index contributed by atoms with van der Waals surface area (Å²) >= 11 is 3.38. The van der Waals surface area contributed by atoms with Gasteiger partial charge < -0.3 is 4.74 Å². The van der Waals surface area contributed by atoms with Crippen molar-refractivity contribution in [3.05, 3.63) is 28.5 Å². The van der Waals surface area contributed by atoms with Gasteiger partial charge in [0.25, 0.3) is 0 Å². The van der Waals surface area contributed by atoms with Crippen molar-refractivity contribution >= 4 is 15.9 Å². The Morgan fingerprint density at radius 3 is 3.07 bits per heavy atom. The number of rotatable bonds is 3. The molecule has 2 rings (SSSR count). The lowest BCUT2D eigenvalue weighted by molar-refractivity contribution is 0.155. The molecule has 2 heterocycles. The molecule has 0 radical (unpaired) electrons. The molecule has 15 heavy (non-hydrogen) atoms. The third kappa shape index (κ3) is 3.00. The van der Waals surface area contributed by atoms with Crippen LogP contribution < -0.4 is 0 Å². The third-order valence-electron chi connectivity index (χ3n) is 2.73. The van der Waals surface area contributed by atoms with Crippen LogP contribution in [0.25, 0.3) is 0 Å². The maximum atomic E-state index is 5.37. The molecule has 0 aromatic carbocycles. The minimum absolute atomic E-state index is 0.551. The molecular weight excluding hydrogens is 256 g/mol. The molecule has 4 heteroatoms. The van der Waals surface area contributed by atoms with Gasteiger partial charge >= 0.3 is 0 Å². The summed E-state index contributed by atoms with van der Waals surface area (Å²) in [6.45, 7) is 2.64. The minimum Gasteiger partial charge on any atom is -0.380 e. The summed E-state index contributed by atoms with van der Waals surface area (Å²) in [6.07, 6.45) is 2.97. The summed E-state index contributed by atoms with van der Waals surface area (Å²) in [6, 6.07) is 4.63.